The third kappa shape index (κ3) is 5.32. The van der Waals surface area contributed by atoms with E-state index in [1.807, 2.05) is 23.8 Å². The molecule has 210 valence electrons. The largest absolute Gasteiger partial charge is 0.355 e. The molecule has 2 fully saturated rings. The lowest BCUT2D eigenvalue weighted by molar-refractivity contribution is 0.0546. The Balaban J connectivity index is 1.08. The number of likely N-dealkylation sites (N-methyl/N-ethyl adjacent to an activating group) is 1. The Kier molecular flexibility index (Phi) is 7.27. The van der Waals surface area contributed by atoms with Gasteiger partial charge in [-0.25, -0.2) is 14.5 Å². The van der Waals surface area contributed by atoms with Gasteiger partial charge in [0, 0.05) is 61.8 Å². The maximum Gasteiger partial charge on any atom is 0.252 e. The Morgan fingerprint density at radius 2 is 1.70 bits per heavy atom. The van der Waals surface area contributed by atoms with E-state index in [4.69, 9.17) is 15.0 Å². The summed E-state index contributed by atoms with van der Waals surface area (Å²) in [5, 5.41) is 4.53. The van der Waals surface area contributed by atoms with Crippen LogP contribution in [-0.2, 0) is 13.0 Å². The highest BCUT2D eigenvalue weighted by Crippen LogP contribution is 2.28. The monoisotopic (exact) mass is 539 g/mol. The summed E-state index contributed by atoms with van der Waals surface area (Å²) in [5.74, 6) is 2.94. The van der Waals surface area contributed by atoms with Gasteiger partial charge < -0.3 is 9.80 Å². The molecule has 2 aliphatic heterocycles. The molecule has 2 saturated heterocycles. The first-order valence-electron chi connectivity index (χ1n) is 14.5. The Morgan fingerprint density at radius 1 is 0.900 bits per heavy atom. The van der Waals surface area contributed by atoms with Crippen molar-refractivity contribution in [1.29, 1.82) is 0 Å². The van der Waals surface area contributed by atoms with Crippen molar-refractivity contribution in [3.05, 3.63) is 65.0 Å². The van der Waals surface area contributed by atoms with Crippen LogP contribution in [0, 0.1) is 26.7 Å². The number of fused-ring (bicyclic) bond motifs is 1. The average Bonchev–Trinajstić information content (AvgIpc) is 3.56. The molecule has 0 amide bonds. The van der Waals surface area contributed by atoms with Gasteiger partial charge in [0.15, 0.2) is 0 Å². The summed E-state index contributed by atoms with van der Waals surface area (Å²) in [6.07, 6.45) is 5.96. The van der Waals surface area contributed by atoms with E-state index in [0.717, 1.165) is 79.9 Å². The highest BCUT2D eigenvalue weighted by Gasteiger charge is 2.27. The molecule has 0 radical (unpaired) electrons. The lowest BCUT2D eigenvalue weighted by Crippen LogP contribution is -2.54. The van der Waals surface area contributed by atoms with Crippen LogP contribution in [0.15, 0.2) is 36.7 Å². The lowest BCUT2D eigenvalue weighted by atomic mass is 9.96. The first-order valence-corrected chi connectivity index (χ1v) is 14.5. The Labute approximate surface area is 237 Å². The summed E-state index contributed by atoms with van der Waals surface area (Å²) >= 11 is 0. The van der Waals surface area contributed by atoms with E-state index >= 15 is 0 Å². The minimum Gasteiger partial charge on any atom is -0.355 e. The van der Waals surface area contributed by atoms with Crippen molar-refractivity contribution in [2.24, 2.45) is 5.92 Å². The van der Waals surface area contributed by atoms with Crippen LogP contribution >= 0.6 is 0 Å². The molecular formula is C31H41N9. The minimum atomic E-state index is 0.543. The van der Waals surface area contributed by atoms with Crippen molar-refractivity contribution in [3.63, 3.8) is 0 Å². The number of anilines is 1. The molecular weight excluding hydrogens is 498 g/mol. The SMILES string of the molecule is Cc1nc2nc(C)c(CC3CCN(c4cnc(-c5ccc(CN6C[C@@H](C)N(C)C[C@@H]6C)cc5)cn4)C3)c(C)n2n1. The van der Waals surface area contributed by atoms with Gasteiger partial charge in [0.05, 0.1) is 18.1 Å². The van der Waals surface area contributed by atoms with E-state index in [9.17, 15) is 0 Å². The van der Waals surface area contributed by atoms with Crippen LogP contribution in [0.5, 0.6) is 0 Å². The van der Waals surface area contributed by atoms with Crippen molar-refractivity contribution in [2.45, 2.75) is 66.1 Å². The first-order chi connectivity index (χ1) is 19.2. The highest BCUT2D eigenvalue weighted by atomic mass is 15.3. The van der Waals surface area contributed by atoms with Gasteiger partial charge >= 0.3 is 0 Å². The summed E-state index contributed by atoms with van der Waals surface area (Å²) in [4.78, 5) is 26.2. The zero-order chi connectivity index (χ0) is 28.0. The van der Waals surface area contributed by atoms with E-state index in [1.165, 1.54) is 11.1 Å². The fraction of sp³-hybridized carbons (Fsp3) is 0.516. The smallest absolute Gasteiger partial charge is 0.252 e. The van der Waals surface area contributed by atoms with Gasteiger partial charge in [-0.3, -0.25) is 9.88 Å². The molecule has 4 aromatic rings. The van der Waals surface area contributed by atoms with Crippen LogP contribution in [-0.4, -0.2) is 84.7 Å². The maximum absolute atomic E-state index is 4.81. The van der Waals surface area contributed by atoms with Crippen LogP contribution in [0.1, 0.15) is 48.6 Å². The zero-order valence-corrected chi connectivity index (χ0v) is 24.7. The summed E-state index contributed by atoms with van der Waals surface area (Å²) < 4.78 is 1.88. The number of aryl methyl sites for hydroxylation is 3. The molecule has 0 spiro atoms. The third-order valence-electron chi connectivity index (χ3n) is 8.96. The Bertz CT molecular complexity index is 1480. The Morgan fingerprint density at radius 3 is 2.45 bits per heavy atom. The van der Waals surface area contributed by atoms with Gasteiger partial charge in [0.25, 0.3) is 5.78 Å². The second-order valence-electron chi connectivity index (χ2n) is 12.0. The molecule has 5 heterocycles. The van der Waals surface area contributed by atoms with Crippen LogP contribution in [0.25, 0.3) is 17.0 Å². The number of nitrogens with zero attached hydrogens (tertiary/aromatic N) is 9. The van der Waals surface area contributed by atoms with Crippen molar-refractivity contribution in [2.75, 3.05) is 38.1 Å². The average molecular weight is 540 g/mol. The second kappa shape index (κ2) is 10.9. The molecule has 9 nitrogen and oxygen atoms in total. The van der Waals surface area contributed by atoms with E-state index in [-0.39, 0.29) is 0 Å². The van der Waals surface area contributed by atoms with Crippen molar-refractivity contribution in [3.8, 4) is 11.3 Å². The predicted molar refractivity (Wildman–Crippen MR) is 158 cm³/mol. The van der Waals surface area contributed by atoms with Crippen molar-refractivity contribution >= 4 is 11.6 Å². The van der Waals surface area contributed by atoms with E-state index in [0.29, 0.717) is 23.8 Å². The normalized spacial score (nSPS) is 22.4. The van der Waals surface area contributed by atoms with Gasteiger partial charge in [-0.05, 0) is 71.6 Å². The van der Waals surface area contributed by atoms with Crippen molar-refractivity contribution in [1.82, 2.24) is 39.3 Å². The molecule has 3 atom stereocenters. The molecule has 6 rings (SSSR count). The molecule has 1 aromatic carbocycles. The Hall–Kier alpha value is -3.43. The maximum atomic E-state index is 4.81. The van der Waals surface area contributed by atoms with Crippen LogP contribution in [0.2, 0.25) is 0 Å². The second-order valence-corrected chi connectivity index (χ2v) is 12.0. The van der Waals surface area contributed by atoms with E-state index in [2.05, 4.69) is 83.8 Å². The number of hydrogen-bond acceptors (Lipinski definition) is 8. The zero-order valence-electron chi connectivity index (χ0n) is 24.7. The topological polar surface area (TPSA) is 78.6 Å². The summed E-state index contributed by atoms with van der Waals surface area (Å²) in [5.41, 5.74) is 6.85. The summed E-state index contributed by atoms with van der Waals surface area (Å²) in [7, 11) is 2.23. The molecule has 0 bridgehead atoms. The predicted octanol–water partition coefficient (Wildman–Crippen LogP) is 4.10. The minimum absolute atomic E-state index is 0.543. The van der Waals surface area contributed by atoms with Gasteiger partial charge in [-0.15, -0.1) is 0 Å². The molecule has 40 heavy (non-hydrogen) atoms. The number of hydrogen-bond donors (Lipinski definition) is 0. The van der Waals surface area contributed by atoms with E-state index in [1.54, 1.807) is 0 Å². The van der Waals surface area contributed by atoms with Crippen LogP contribution in [0.4, 0.5) is 5.82 Å². The first kappa shape index (κ1) is 26.8. The molecule has 0 aliphatic carbocycles. The van der Waals surface area contributed by atoms with E-state index < -0.39 is 0 Å². The summed E-state index contributed by atoms with van der Waals surface area (Å²) in [6.45, 7) is 15.9. The lowest BCUT2D eigenvalue weighted by Gasteiger charge is -2.42. The number of aromatic nitrogens is 6. The fourth-order valence-electron chi connectivity index (χ4n) is 6.34. The quantitative estimate of drug-likeness (QED) is 0.363. The molecule has 2 aliphatic rings. The molecule has 3 aromatic heterocycles. The van der Waals surface area contributed by atoms with Gasteiger partial charge in [0.1, 0.15) is 11.6 Å². The van der Waals surface area contributed by atoms with Crippen LogP contribution < -0.4 is 4.90 Å². The standard InChI is InChI=1S/C31H41N9/c1-20-17-39(21(2)16-37(20)6)18-25-7-9-27(10-8-25)29-14-33-30(15-32-29)38-12-11-26(19-38)13-28-22(3)34-31-35-24(5)36-40(31)23(28)4/h7-10,14-15,20-21,26H,11-13,16-19H2,1-6H3/t20-,21+,26?/m1/s1. The highest BCUT2D eigenvalue weighted by molar-refractivity contribution is 5.59. The van der Waals surface area contributed by atoms with Gasteiger partial charge in [-0.1, -0.05) is 24.3 Å². The third-order valence-corrected chi connectivity index (χ3v) is 8.96. The van der Waals surface area contributed by atoms with Gasteiger partial charge in [0.2, 0.25) is 0 Å². The number of benzene rings is 1. The van der Waals surface area contributed by atoms with Crippen LogP contribution in [0.3, 0.4) is 0 Å². The van der Waals surface area contributed by atoms with Gasteiger partial charge in [-0.2, -0.15) is 10.1 Å². The number of piperazine rings is 1. The fourth-order valence-corrected chi connectivity index (χ4v) is 6.34. The van der Waals surface area contributed by atoms with Crippen molar-refractivity contribution < 1.29 is 0 Å². The number of rotatable bonds is 6. The molecule has 1 unspecified atom stereocenters. The molecule has 0 saturated carbocycles. The molecule has 0 N–H and O–H groups in total. The molecule has 9 heteroatoms. The summed E-state index contributed by atoms with van der Waals surface area (Å²) in [6, 6.07) is 10.00.